The van der Waals surface area contributed by atoms with Crippen LogP contribution in [0.2, 0.25) is 0 Å². The highest BCUT2D eigenvalue weighted by atomic mass is 16.1. The van der Waals surface area contributed by atoms with Crippen molar-refractivity contribution in [1.29, 1.82) is 0 Å². The highest BCUT2D eigenvalue weighted by Crippen LogP contribution is 2.46. The molecule has 1 fully saturated rings. The molecule has 0 amide bonds. The van der Waals surface area contributed by atoms with Gasteiger partial charge < -0.3 is 5.32 Å². The Bertz CT molecular complexity index is 647. The summed E-state index contributed by atoms with van der Waals surface area (Å²) in [6.45, 7) is 0. The Morgan fingerprint density at radius 3 is 2.59 bits per heavy atom. The van der Waals surface area contributed by atoms with E-state index in [2.05, 4.69) is 17.4 Å². The molecular weight excluding hydrogens is 274 g/mol. The van der Waals surface area contributed by atoms with E-state index in [1.165, 1.54) is 0 Å². The van der Waals surface area contributed by atoms with Gasteiger partial charge in [0.2, 0.25) is 0 Å². The SMILES string of the molecule is O=C1CCCC2=C1C(c1ccccc1)C1C(=O)CCCC1N2. The van der Waals surface area contributed by atoms with Crippen LogP contribution in [-0.4, -0.2) is 17.6 Å². The molecule has 2 aliphatic carbocycles. The lowest BCUT2D eigenvalue weighted by Gasteiger charge is -2.44. The standard InChI is InChI=1S/C19H21NO2/c21-15-10-4-8-13-18(15)17(12-6-2-1-3-7-12)19-14(20-13)9-5-11-16(19)22/h1-3,6-7,13,17-18,20H,4-5,8-11H2. The van der Waals surface area contributed by atoms with Crippen molar-refractivity contribution in [3.8, 4) is 0 Å². The van der Waals surface area contributed by atoms with Gasteiger partial charge in [-0.1, -0.05) is 30.3 Å². The molecule has 1 aromatic rings. The maximum atomic E-state index is 12.6. The molecular formula is C19H21NO2. The molecule has 3 nitrogen and oxygen atoms in total. The summed E-state index contributed by atoms with van der Waals surface area (Å²) in [6, 6.07) is 10.3. The molecule has 1 heterocycles. The molecule has 3 atom stereocenters. The summed E-state index contributed by atoms with van der Waals surface area (Å²) in [4.78, 5) is 25.2. The fourth-order valence-electron chi connectivity index (χ4n) is 4.46. The average molecular weight is 295 g/mol. The predicted molar refractivity (Wildman–Crippen MR) is 84.3 cm³/mol. The summed E-state index contributed by atoms with van der Waals surface area (Å²) in [5.74, 6) is 0.446. The van der Waals surface area contributed by atoms with Crippen LogP contribution < -0.4 is 5.32 Å². The molecule has 4 rings (SSSR count). The highest BCUT2D eigenvalue weighted by Gasteiger charge is 2.46. The second-order valence-electron chi connectivity index (χ2n) is 6.69. The Balaban J connectivity index is 1.87. The fraction of sp³-hybridized carbons (Fsp3) is 0.474. The van der Waals surface area contributed by atoms with Crippen molar-refractivity contribution in [2.24, 2.45) is 5.92 Å². The number of carbonyl (C=O) groups is 2. The van der Waals surface area contributed by atoms with Gasteiger partial charge in [-0.2, -0.15) is 0 Å². The molecule has 0 spiro atoms. The first kappa shape index (κ1) is 13.7. The Hall–Kier alpha value is -1.90. The summed E-state index contributed by atoms with van der Waals surface area (Å²) in [7, 11) is 0. The number of rotatable bonds is 1. The quantitative estimate of drug-likeness (QED) is 0.866. The molecule has 22 heavy (non-hydrogen) atoms. The first-order chi connectivity index (χ1) is 10.8. The van der Waals surface area contributed by atoms with E-state index in [4.69, 9.17) is 0 Å². The third-order valence-corrected chi connectivity index (χ3v) is 5.39. The number of nitrogens with one attached hydrogen (secondary N) is 1. The van der Waals surface area contributed by atoms with Crippen LogP contribution in [0.3, 0.4) is 0 Å². The van der Waals surface area contributed by atoms with Gasteiger partial charge >= 0.3 is 0 Å². The fourth-order valence-corrected chi connectivity index (χ4v) is 4.46. The summed E-state index contributed by atoms with van der Waals surface area (Å²) < 4.78 is 0. The lowest BCUT2D eigenvalue weighted by atomic mass is 9.65. The van der Waals surface area contributed by atoms with Crippen LogP contribution in [-0.2, 0) is 9.59 Å². The van der Waals surface area contributed by atoms with E-state index in [0.29, 0.717) is 18.6 Å². The molecule has 0 radical (unpaired) electrons. The van der Waals surface area contributed by atoms with E-state index >= 15 is 0 Å². The largest absolute Gasteiger partial charge is 0.385 e. The van der Waals surface area contributed by atoms with Crippen LogP contribution in [0.4, 0.5) is 0 Å². The summed E-state index contributed by atoms with van der Waals surface area (Å²) in [6.07, 6.45) is 5.15. The van der Waals surface area contributed by atoms with E-state index < -0.39 is 0 Å². The summed E-state index contributed by atoms with van der Waals surface area (Å²) in [5.41, 5.74) is 3.13. The van der Waals surface area contributed by atoms with Crippen molar-refractivity contribution in [2.45, 2.75) is 50.5 Å². The molecule has 0 saturated heterocycles. The molecule has 114 valence electrons. The topological polar surface area (TPSA) is 46.2 Å². The monoisotopic (exact) mass is 295 g/mol. The van der Waals surface area contributed by atoms with Gasteiger partial charge in [0.1, 0.15) is 5.78 Å². The van der Waals surface area contributed by atoms with Gasteiger partial charge in [-0.15, -0.1) is 0 Å². The van der Waals surface area contributed by atoms with Gasteiger partial charge in [0.25, 0.3) is 0 Å². The Labute approximate surface area is 130 Å². The van der Waals surface area contributed by atoms with Crippen molar-refractivity contribution in [3.63, 3.8) is 0 Å². The zero-order valence-corrected chi connectivity index (χ0v) is 12.7. The van der Waals surface area contributed by atoms with Crippen LogP contribution in [0.5, 0.6) is 0 Å². The molecule has 1 saturated carbocycles. The summed E-state index contributed by atoms with van der Waals surface area (Å²) in [5, 5.41) is 3.56. The van der Waals surface area contributed by atoms with Crippen LogP contribution in [0.25, 0.3) is 0 Å². The Morgan fingerprint density at radius 2 is 1.77 bits per heavy atom. The highest BCUT2D eigenvalue weighted by molar-refractivity contribution is 6.00. The Morgan fingerprint density at radius 1 is 0.955 bits per heavy atom. The maximum absolute atomic E-state index is 12.6. The van der Waals surface area contributed by atoms with E-state index in [0.717, 1.165) is 42.5 Å². The molecule has 1 aromatic carbocycles. The lowest BCUT2D eigenvalue weighted by Crippen LogP contribution is -2.51. The number of Topliss-reactive ketones (excluding diaryl/α,β-unsaturated/α-hetero) is 2. The first-order valence-corrected chi connectivity index (χ1v) is 8.36. The number of allylic oxidation sites excluding steroid dienone is 2. The average Bonchev–Trinajstić information content (AvgIpc) is 2.54. The van der Waals surface area contributed by atoms with Crippen molar-refractivity contribution in [2.75, 3.05) is 0 Å². The number of hydrogen-bond acceptors (Lipinski definition) is 3. The van der Waals surface area contributed by atoms with Gasteiger partial charge in [-0.3, -0.25) is 9.59 Å². The normalized spacial score (nSPS) is 31.4. The first-order valence-electron chi connectivity index (χ1n) is 8.36. The van der Waals surface area contributed by atoms with E-state index in [1.807, 2.05) is 18.2 Å². The number of benzene rings is 1. The smallest absolute Gasteiger partial charge is 0.161 e. The van der Waals surface area contributed by atoms with E-state index in [-0.39, 0.29) is 23.7 Å². The van der Waals surface area contributed by atoms with Gasteiger partial charge in [0, 0.05) is 42.0 Å². The van der Waals surface area contributed by atoms with Gasteiger partial charge in [-0.25, -0.2) is 0 Å². The van der Waals surface area contributed by atoms with Gasteiger partial charge in [0.05, 0.1) is 0 Å². The number of carbonyl (C=O) groups excluding carboxylic acids is 2. The van der Waals surface area contributed by atoms with Crippen LogP contribution in [0.1, 0.15) is 50.0 Å². The molecule has 0 aromatic heterocycles. The Kier molecular flexibility index (Phi) is 3.36. The van der Waals surface area contributed by atoms with E-state index in [9.17, 15) is 9.59 Å². The lowest BCUT2D eigenvalue weighted by molar-refractivity contribution is -0.126. The molecule has 1 aliphatic heterocycles. The van der Waals surface area contributed by atoms with Crippen molar-refractivity contribution in [1.82, 2.24) is 5.32 Å². The van der Waals surface area contributed by atoms with Gasteiger partial charge in [-0.05, 0) is 31.2 Å². The predicted octanol–water partition coefficient (Wildman–Crippen LogP) is 3.12. The minimum atomic E-state index is -0.0723. The van der Waals surface area contributed by atoms with Crippen LogP contribution in [0.15, 0.2) is 41.6 Å². The number of hydrogen-bond donors (Lipinski definition) is 1. The van der Waals surface area contributed by atoms with E-state index in [1.54, 1.807) is 0 Å². The minimum Gasteiger partial charge on any atom is -0.385 e. The van der Waals surface area contributed by atoms with Crippen molar-refractivity contribution in [3.05, 3.63) is 47.2 Å². The van der Waals surface area contributed by atoms with Gasteiger partial charge in [0.15, 0.2) is 5.78 Å². The summed E-state index contributed by atoms with van der Waals surface area (Å²) >= 11 is 0. The second-order valence-corrected chi connectivity index (χ2v) is 6.69. The number of ketones is 2. The molecule has 3 heteroatoms. The maximum Gasteiger partial charge on any atom is 0.161 e. The molecule has 3 unspecified atom stereocenters. The third kappa shape index (κ3) is 2.11. The third-order valence-electron chi connectivity index (χ3n) is 5.39. The minimum absolute atomic E-state index is 0.0388. The number of fused-ring (bicyclic) bond motifs is 1. The zero-order chi connectivity index (χ0) is 15.1. The van der Waals surface area contributed by atoms with Crippen LogP contribution >= 0.6 is 0 Å². The molecule has 3 aliphatic rings. The van der Waals surface area contributed by atoms with Crippen molar-refractivity contribution >= 4 is 11.6 Å². The van der Waals surface area contributed by atoms with Crippen molar-refractivity contribution < 1.29 is 9.59 Å². The zero-order valence-electron chi connectivity index (χ0n) is 12.7. The van der Waals surface area contributed by atoms with Crippen LogP contribution in [0, 0.1) is 5.92 Å². The molecule has 1 N–H and O–H groups in total. The molecule has 0 bridgehead atoms. The second kappa shape index (κ2) is 5.38.